The Balaban J connectivity index is 2.29. The first-order chi connectivity index (χ1) is 9.96. The van der Waals surface area contributed by atoms with Crippen LogP contribution in [0.4, 0.5) is 0 Å². The average Bonchev–Trinajstić information content (AvgIpc) is 2.46. The number of benzene rings is 1. The van der Waals surface area contributed by atoms with E-state index < -0.39 is 17.4 Å². The molecule has 108 valence electrons. The number of hydrogen-bond donors (Lipinski definition) is 2. The van der Waals surface area contributed by atoms with Gasteiger partial charge in [0.05, 0.1) is 5.52 Å². The molecule has 21 heavy (non-hydrogen) atoms. The van der Waals surface area contributed by atoms with Crippen LogP contribution in [-0.2, 0) is 4.79 Å². The van der Waals surface area contributed by atoms with E-state index in [1.807, 2.05) is 18.2 Å². The van der Waals surface area contributed by atoms with Crippen LogP contribution < -0.4 is 5.32 Å². The van der Waals surface area contributed by atoms with Crippen LogP contribution >= 0.6 is 0 Å². The molecule has 0 aliphatic heterocycles. The fourth-order valence-electron chi connectivity index (χ4n) is 1.99. The third-order valence-electron chi connectivity index (χ3n) is 3.25. The van der Waals surface area contributed by atoms with Crippen LogP contribution in [0.25, 0.3) is 10.9 Å². The molecule has 5 nitrogen and oxygen atoms in total. The molecule has 0 saturated carbocycles. The van der Waals surface area contributed by atoms with Crippen molar-refractivity contribution in [2.24, 2.45) is 0 Å². The number of nitrogens with one attached hydrogen (secondary N) is 1. The number of rotatable bonds is 5. The van der Waals surface area contributed by atoms with Crippen LogP contribution in [0.1, 0.15) is 23.8 Å². The number of aliphatic carboxylic acids is 1. The van der Waals surface area contributed by atoms with Crippen molar-refractivity contribution in [3.8, 4) is 0 Å². The van der Waals surface area contributed by atoms with Crippen molar-refractivity contribution in [3.63, 3.8) is 0 Å². The molecule has 1 amide bonds. The van der Waals surface area contributed by atoms with Gasteiger partial charge in [0.25, 0.3) is 5.91 Å². The Kier molecular flexibility index (Phi) is 4.03. The third kappa shape index (κ3) is 3.08. The Morgan fingerprint density at radius 1 is 1.33 bits per heavy atom. The Hall–Kier alpha value is -2.69. The van der Waals surface area contributed by atoms with Gasteiger partial charge in [0.2, 0.25) is 0 Å². The minimum Gasteiger partial charge on any atom is -0.480 e. The molecule has 5 heteroatoms. The zero-order valence-corrected chi connectivity index (χ0v) is 11.7. The third-order valence-corrected chi connectivity index (χ3v) is 3.25. The number of nitrogens with zero attached hydrogens (tertiary/aromatic N) is 1. The molecule has 0 aliphatic carbocycles. The Bertz CT molecular complexity index is 711. The summed E-state index contributed by atoms with van der Waals surface area (Å²) in [6, 6.07) is 10.8. The molecule has 1 heterocycles. The number of carbonyl (C=O) groups excluding carboxylic acids is 1. The maximum Gasteiger partial charge on any atom is 0.329 e. The molecule has 0 radical (unpaired) electrons. The summed E-state index contributed by atoms with van der Waals surface area (Å²) in [6.45, 7) is 4.96. The van der Waals surface area contributed by atoms with E-state index in [2.05, 4.69) is 16.9 Å². The second kappa shape index (κ2) is 5.75. The molecule has 2 aromatic rings. The summed E-state index contributed by atoms with van der Waals surface area (Å²) >= 11 is 0. The van der Waals surface area contributed by atoms with E-state index in [0.29, 0.717) is 5.52 Å². The molecular formula is C16H16N2O3. The van der Waals surface area contributed by atoms with Crippen molar-refractivity contribution in [1.82, 2.24) is 10.3 Å². The molecule has 0 bridgehead atoms. The fraction of sp³-hybridized carbons (Fsp3) is 0.188. The van der Waals surface area contributed by atoms with E-state index in [1.165, 1.54) is 13.0 Å². The van der Waals surface area contributed by atoms with Gasteiger partial charge in [0.1, 0.15) is 11.2 Å². The number of aromatic nitrogens is 1. The summed E-state index contributed by atoms with van der Waals surface area (Å²) in [4.78, 5) is 27.8. The molecule has 1 atom stereocenters. The van der Waals surface area contributed by atoms with Gasteiger partial charge >= 0.3 is 5.97 Å². The van der Waals surface area contributed by atoms with E-state index >= 15 is 0 Å². The molecule has 1 unspecified atom stereocenters. The summed E-state index contributed by atoms with van der Waals surface area (Å²) in [5.41, 5.74) is -0.525. The van der Waals surface area contributed by atoms with E-state index in [1.54, 1.807) is 18.2 Å². The molecule has 2 rings (SSSR count). The Morgan fingerprint density at radius 3 is 2.71 bits per heavy atom. The molecule has 1 aromatic carbocycles. The van der Waals surface area contributed by atoms with Gasteiger partial charge in [-0.05, 0) is 25.5 Å². The van der Waals surface area contributed by atoms with Crippen LogP contribution in [0.2, 0.25) is 0 Å². The first-order valence-electron chi connectivity index (χ1n) is 6.49. The largest absolute Gasteiger partial charge is 0.480 e. The molecule has 2 N–H and O–H groups in total. The fourth-order valence-corrected chi connectivity index (χ4v) is 1.99. The summed E-state index contributed by atoms with van der Waals surface area (Å²) in [6.07, 6.45) is 1.59. The van der Waals surface area contributed by atoms with Gasteiger partial charge in [-0.3, -0.25) is 4.79 Å². The number of pyridine rings is 1. The van der Waals surface area contributed by atoms with Crippen molar-refractivity contribution in [2.45, 2.75) is 18.9 Å². The second-order valence-electron chi connectivity index (χ2n) is 4.97. The second-order valence-corrected chi connectivity index (χ2v) is 4.97. The highest BCUT2D eigenvalue weighted by molar-refractivity contribution is 5.98. The van der Waals surface area contributed by atoms with Gasteiger partial charge in [-0.1, -0.05) is 30.3 Å². The number of para-hydroxylation sites is 1. The van der Waals surface area contributed by atoms with Gasteiger partial charge in [0, 0.05) is 5.39 Å². The topological polar surface area (TPSA) is 79.3 Å². The predicted octanol–water partition coefficient (Wildman–Crippen LogP) is 2.38. The predicted molar refractivity (Wildman–Crippen MR) is 80.1 cm³/mol. The van der Waals surface area contributed by atoms with E-state index in [4.69, 9.17) is 0 Å². The number of amides is 1. The summed E-state index contributed by atoms with van der Waals surface area (Å²) < 4.78 is 0. The van der Waals surface area contributed by atoms with Crippen molar-refractivity contribution < 1.29 is 14.7 Å². The Morgan fingerprint density at radius 2 is 2.05 bits per heavy atom. The van der Waals surface area contributed by atoms with Crippen molar-refractivity contribution in [1.29, 1.82) is 0 Å². The number of carboxylic acid groups (broad SMARTS) is 1. The smallest absolute Gasteiger partial charge is 0.329 e. The van der Waals surface area contributed by atoms with Gasteiger partial charge in [-0.15, -0.1) is 6.58 Å². The first-order valence-corrected chi connectivity index (χ1v) is 6.49. The lowest BCUT2D eigenvalue weighted by atomic mass is 9.98. The van der Waals surface area contributed by atoms with Crippen LogP contribution in [-0.4, -0.2) is 27.5 Å². The molecule has 0 spiro atoms. The normalized spacial score (nSPS) is 13.4. The van der Waals surface area contributed by atoms with E-state index in [-0.39, 0.29) is 12.1 Å². The number of carboxylic acids is 1. The van der Waals surface area contributed by atoms with Crippen molar-refractivity contribution >= 4 is 22.8 Å². The molecular weight excluding hydrogens is 268 g/mol. The summed E-state index contributed by atoms with van der Waals surface area (Å²) in [7, 11) is 0. The molecule has 1 aromatic heterocycles. The lowest BCUT2D eigenvalue weighted by Crippen LogP contribution is -2.52. The molecule has 0 aliphatic rings. The zero-order chi connectivity index (χ0) is 15.5. The number of carbonyl (C=O) groups is 2. The monoisotopic (exact) mass is 284 g/mol. The van der Waals surface area contributed by atoms with Crippen LogP contribution in [0.15, 0.2) is 49.1 Å². The van der Waals surface area contributed by atoms with Gasteiger partial charge < -0.3 is 10.4 Å². The highest BCUT2D eigenvalue weighted by atomic mass is 16.4. The highest BCUT2D eigenvalue weighted by Crippen LogP contribution is 2.14. The van der Waals surface area contributed by atoms with Crippen molar-refractivity contribution in [2.75, 3.05) is 0 Å². The average molecular weight is 284 g/mol. The number of fused-ring (bicyclic) bond motifs is 1. The highest BCUT2D eigenvalue weighted by Gasteiger charge is 2.34. The SMILES string of the molecule is C=CCC(C)(NC(=O)c1ccc2ccccc2n1)C(=O)O. The summed E-state index contributed by atoms with van der Waals surface area (Å²) in [5.74, 6) is -1.64. The zero-order valence-electron chi connectivity index (χ0n) is 11.7. The quantitative estimate of drug-likeness (QED) is 0.826. The van der Waals surface area contributed by atoms with Crippen LogP contribution in [0, 0.1) is 0 Å². The minimum atomic E-state index is -1.40. The van der Waals surface area contributed by atoms with Crippen LogP contribution in [0.5, 0.6) is 0 Å². The Labute approximate surface area is 122 Å². The number of hydrogen-bond acceptors (Lipinski definition) is 3. The first kappa shape index (κ1) is 14.7. The van der Waals surface area contributed by atoms with E-state index in [0.717, 1.165) is 5.39 Å². The minimum absolute atomic E-state index is 0.127. The lowest BCUT2D eigenvalue weighted by molar-refractivity contribution is -0.143. The molecule has 0 fully saturated rings. The maximum atomic E-state index is 12.2. The van der Waals surface area contributed by atoms with E-state index in [9.17, 15) is 14.7 Å². The standard InChI is InChI=1S/C16H16N2O3/c1-3-10-16(2,15(20)21)18-14(19)13-9-8-11-6-4-5-7-12(11)17-13/h3-9H,1,10H2,2H3,(H,18,19)(H,20,21). The lowest BCUT2D eigenvalue weighted by Gasteiger charge is -2.24. The van der Waals surface area contributed by atoms with Crippen molar-refractivity contribution in [3.05, 3.63) is 54.7 Å². The van der Waals surface area contributed by atoms with Gasteiger partial charge in [-0.25, -0.2) is 9.78 Å². The van der Waals surface area contributed by atoms with Gasteiger partial charge in [-0.2, -0.15) is 0 Å². The van der Waals surface area contributed by atoms with Crippen LogP contribution in [0.3, 0.4) is 0 Å². The van der Waals surface area contributed by atoms with Gasteiger partial charge in [0.15, 0.2) is 0 Å². The summed E-state index contributed by atoms with van der Waals surface area (Å²) in [5, 5.41) is 12.7. The molecule has 0 saturated heterocycles. The maximum absolute atomic E-state index is 12.2.